The molecule has 0 unspecified atom stereocenters. The largest absolute Gasteiger partial charge is 0.513 e. The first kappa shape index (κ1) is 15.6. The predicted molar refractivity (Wildman–Crippen MR) is 80.5 cm³/mol. The number of hydrogen-bond donors (Lipinski definition) is 0. The Hall–Kier alpha value is -2.82. The van der Waals surface area contributed by atoms with E-state index in [1.807, 2.05) is 0 Å². The molecule has 0 atom stereocenters. The molecule has 0 fully saturated rings. The van der Waals surface area contributed by atoms with Crippen molar-refractivity contribution in [3.05, 3.63) is 59.7 Å². The van der Waals surface area contributed by atoms with Crippen LogP contribution in [0.4, 0.5) is 4.79 Å². The fourth-order valence-corrected chi connectivity index (χ4v) is 1.88. The van der Waals surface area contributed by atoms with Crippen LogP contribution in [0.25, 0.3) is 0 Å². The lowest BCUT2D eigenvalue weighted by atomic mass is 10.0. The van der Waals surface area contributed by atoms with Gasteiger partial charge in [0.25, 0.3) is 0 Å². The highest BCUT2D eigenvalue weighted by Crippen LogP contribution is 2.16. The maximum absolute atomic E-state index is 12.2. The first-order chi connectivity index (χ1) is 10.6. The molecule has 2 aromatic rings. The normalized spacial score (nSPS) is 9.91. The van der Waals surface area contributed by atoms with Gasteiger partial charge >= 0.3 is 6.16 Å². The van der Waals surface area contributed by atoms with E-state index < -0.39 is 6.16 Å². The third-order valence-electron chi connectivity index (χ3n) is 3.07. The van der Waals surface area contributed by atoms with Gasteiger partial charge in [0.05, 0.1) is 14.2 Å². The minimum Gasteiger partial charge on any atom is -0.497 e. The van der Waals surface area contributed by atoms with Crippen LogP contribution in [0, 0.1) is 0 Å². The number of benzene rings is 2. The molecule has 2 rings (SSSR count). The molecular formula is C17H16O5. The van der Waals surface area contributed by atoms with Gasteiger partial charge in [0.2, 0.25) is 0 Å². The highest BCUT2D eigenvalue weighted by molar-refractivity contribution is 5.97. The molecule has 5 heteroatoms. The molecule has 0 N–H and O–H groups in total. The summed E-state index contributed by atoms with van der Waals surface area (Å²) >= 11 is 0. The number of hydrogen-bond acceptors (Lipinski definition) is 5. The van der Waals surface area contributed by atoms with E-state index in [9.17, 15) is 9.59 Å². The fourth-order valence-electron chi connectivity index (χ4n) is 1.88. The van der Waals surface area contributed by atoms with Crippen molar-refractivity contribution in [2.24, 2.45) is 0 Å². The van der Waals surface area contributed by atoms with Crippen molar-refractivity contribution in [2.45, 2.75) is 6.42 Å². The van der Waals surface area contributed by atoms with E-state index in [4.69, 9.17) is 9.47 Å². The number of carbonyl (C=O) groups excluding carboxylic acids is 2. The molecule has 114 valence electrons. The Morgan fingerprint density at radius 1 is 0.864 bits per heavy atom. The van der Waals surface area contributed by atoms with Gasteiger partial charge in [-0.1, -0.05) is 12.1 Å². The Labute approximate surface area is 128 Å². The molecule has 0 saturated heterocycles. The van der Waals surface area contributed by atoms with Crippen LogP contribution < -0.4 is 9.47 Å². The third kappa shape index (κ3) is 4.09. The first-order valence-electron chi connectivity index (χ1n) is 6.64. The van der Waals surface area contributed by atoms with Crippen LogP contribution in [-0.4, -0.2) is 26.2 Å². The zero-order valence-electron chi connectivity index (χ0n) is 12.4. The Morgan fingerprint density at radius 3 is 2.00 bits per heavy atom. The molecule has 0 saturated carbocycles. The maximum atomic E-state index is 12.2. The van der Waals surface area contributed by atoms with E-state index in [1.54, 1.807) is 55.6 Å². The quantitative estimate of drug-likeness (QED) is 0.482. The molecule has 2 aromatic carbocycles. The molecule has 0 amide bonds. The van der Waals surface area contributed by atoms with E-state index in [0.717, 1.165) is 5.56 Å². The number of methoxy groups -OCH3 is 2. The highest BCUT2D eigenvalue weighted by atomic mass is 16.7. The smallest absolute Gasteiger partial charge is 0.497 e. The summed E-state index contributed by atoms with van der Waals surface area (Å²) in [7, 11) is 2.82. The Morgan fingerprint density at radius 2 is 1.45 bits per heavy atom. The van der Waals surface area contributed by atoms with Gasteiger partial charge in [-0.05, 0) is 42.0 Å². The van der Waals surface area contributed by atoms with Crippen molar-refractivity contribution >= 4 is 11.9 Å². The van der Waals surface area contributed by atoms with Gasteiger partial charge in [-0.3, -0.25) is 4.79 Å². The summed E-state index contributed by atoms with van der Waals surface area (Å²) in [6.45, 7) is 0. The molecule has 22 heavy (non-hydrogen) atoms. The van der Waals surface area contributed by atoms with Gasteiger partial charge in [0, 0.05) is 12.0 Å². The van der Waals surface area contributed by atoms with Gasteiger partial charge in [0.1, 0.15) is 11.5 Å². The number of rotatable bonds is 5. The number of carbonyl (C=O) groups is 2. The lowest BCUT2D eigenvalue weighted by Crippen LogP contribution is -2.07. The molecule has 0 bridgehead atoms. The van der Waals surface area contributed by atoms with Crippen LogP contribution in [0.1, 0.15) is 15.9 Å². The maximum Gasteiger partial charge on any atom is 0.513 e. The first-order valence-corrected chi connectivity index (χ1v) is 6.64. The SMILES string of the molecule is COC(=O)Oc1ccc(CC(=O)c2ccc(OC)cc2)cc1. The van der Waals surface area contributed by atoms with E-state index in [-0.39, 0.29) is 12.2 Å². The Balaban J connectivity index is 2.00. The lowest BCUT2D eigenvalue weighted by Gasteiger charge is -2.05. The summed E-state index contributed by atoms with van der Waals surface area (Å²) in [6.07, 6.45) is -0.507. The van der Waals surface area contributed by atoms with E-state index in [2.05, 4.69) is 4.74 Å². The molecule has 0 heterocycles. The summed E-state index contributed by atoms with van der Waals surface area (Å²) in [6, 6.07) is 13.7. The molecule has 0 aliphatic carbocycles. The van der Waals surface area contributed by atoms with Gasteiger partial charge < -0.3 is 14.2 Å². The summed E-state index contributed by atoms with van der Waals surface area (Å²) in [5.41, 5.74) is 1.45. The van der Waals surface area contributed by atoms with Crippen molar-refractivity contribution in [3.63, 3.8) is 0 Å². The second-order valence-corrected chi connectivity index (χ2v) is 4.53. The fraction of sp³-hybridized carbons (Fsp3) is 0.176. The van der Waals surface area contributed by atoms with Gasteiger partial charge in [-0.2, -0.15) is 0 Å². The second kappa shape index (κ2) is 7.26. The topological polar surface area (TPSA) is 61.8 Å². The average molecular weight is 300 g/mol. The number of Topliss-reactive ketones (excluding diaryl/α,β-unsaturated/α-hetero) is 1. The van der Waals surface area contributed by atoms with Crippen LogP contribution >= 0.6 is 0 Å². The van der Waals surface area contributed by atoms with Crippen molar-refractivity contribution in [1.82, 2.24) is 0 Å². The summed E-state index contributed by atoms with van der Waals surface area (Å²) in [5.74, 6) is 1.08. The van der Waals surface area contributed by atoms with E-state index >= 15 is 0 Å². The molecule has 0 aliphatic rings. The van der Waals surface area contributed by atoms with Crippen molar-refractivity contribution < 1.29 is 23.8 Å². The zero-order valence-corrected chi connectivity index (χ0v) is 12.4. The Kier molecular flexibility index (Phi) is 5.14. The highest BCUT2D eigenvalue weighted by Gasteiger charge is 2.08. The molecule has 0 aromatic heterocycles. The summed E-state index contributed by atoms with van der Waals surface area (Å²) < 4.78 is 14.3. The third-order valence-corrected chi connectivity index (χ3v) is 3.07. The summed E-state index contributed by atoms with van der Waals surface area (Å²) in [4.78, 5) is 23.1. The zero-order chi connectivity index (χ0) is 15.9. The van der Waals surface area contributed by atoms with Crippen molar-refractivity contribution in [2.75, 3.05) is 14.2 Å². The number of ketones is 1. The predicted octanol–water partition coefficient (Wildman–Crippen LogP) is 3.27. The second-order valence-electron chi connectivity index (χ2n) is 4.53. The van der Waals surface area contributed by atoms with Gasteiger partial charge in [0.15, 0.2) is 5.78 Å². The van der Waals surface area contributed by atoms with Crippen LogP contribution in [0.15, 0.2) is 48.5 Å². The van der Waals surface area contributed by atoms with Crippen molar-refractivity contribution in [3.8, 4) is 11.5 Å². The molecular weight excluding hydrogens is 284 g/mol. The van der Waals surface area contributed by atoms with Crippen LogP contribution in [-0.2, 0) is 11.2 Å². The lowest BCUT2D eigenvalue weighted by molar-refractivity contribution is 0.0992. The minimum absolute atomic E-state index is 0.00397. The van der Waals surface area contributed by atoms with E-state index in [0.29, 0.717) is 17.1 Å². The van der Waals surface area contributed by atoms with Crippen LogP contribution in [0.5, 0.6) is 11.5 Å². The Bertz CT molecular complexity index is 644. The molecule has 0 aliphatic heterocycles. The van der Waals surface area contributed by atoms with Crippen LogP contribution in [0.3, 0.4) is 0 Å². The molecule has 0 spiro atoms. The van der Waals surface area contributed by atoms with Crippen LogP contribution in [0.2, 0.25) is 0 Å². The average Bonchev–Trinajstić information content (AvgIpc) is 2.56. The minimum atomic E-state index is -0.776. The van der Waals surface area contributed by atoms with Crippen molar-refractivity contribution in [1.29, 1.82) is 0 Å². The molecule has 0 radical (unpaired) electrons. The van der Waals surface area contributed by atoms with E-state index in [1.165, 1.54) is 7.11 Å². The molecule has 5 nitrogen and oxygen atoms in total. The summed E-state index contributed by atoms with van der Waals surface area (Å²) in [5, 5.41) is 0. The number of ether oxygens (including phenoxy) is 3. The van der Waals surface area contributed by atoms with Gasteiger partial charge in [-0.25, -0.2) is 4.79 Å². The monoisotopic (exact) mass is 300 g/mol. The van der Waals surface area contributed by atoms with Gasteiger partial charge in [-0.15, -0.1) is 0 Å². The standard InChI is InChI=1S/C17H16O5/c1-20-14-9-5-13(6-10-14)16(18)11-12-3-7-15(8-4-12)22-17(19)21-2/h3-10H,11H2,1-2H3.